The van der Waals surface area contributed by atoms with Crippen molar-refractivity contribution in [1.82, 2.24) is 0 Å². The highest BCUT2D eigenvalue weighted by atomic mass is 28.5. The fraction of sp³-hybridized carbons (Fsp3) is 1.00. The molecule has 102 heavy (non-hydrogen) atoms. The molecule has 0 aliphatic rings. The Hall–Kier alpha value is 4.78. The standard InChI is InChI=1S/C61H162O16Si25/c1-62-91(23,24)58-60-102(72-94(29,30)50-41-44-78-67-92(25,26)54-46-80-63-84(2,3)4,73-95(31,32)51-42-45-79-68-93(27,28)55-47-81-64-85(5,6)7)74-96(33,34)52-43-53-100(75-97(35,36)56-48-82-65-86(8,9)10,76-98(37,38)57-49-83-66-87(11,12)13)77-99(39,40)59-61-101(69-88(14,15)16,70-89(17,18)19)71-90(20,21)22/h41-61H2,1-40H3. The van der Waals surface area contributed by atoms with Gasteiger partial charge in [0.2, 0.25) is 58.6 Å². The van der Waals surface area contributed by atoms with Crippen molar-refractivity contribution < 1.29 is 66.2 Å². The van der Waals surface area contributed by atoms with Crippen molar-refractivity contribution in [2.24, 2.45) is 0 Å². The van der Waals surface area contributed by atoms with Crippen LogP contribution < -0.4 is 0 Å². The van der Waals surface area contributed by atoms with Gasteiger partial charge >= 0.3 is 26.4 Å². The third-order valence-corrected chi connectivity index (χ3v) is 88.1. The Balaban J connectivity index is 8.24. The second-order valence-corrected chi connectivity index (χ2v) is 130. The van der Waals surface area contributed by atoms with Crippen LogP contribution in [0.15, 0.2) is 0 Å². The van der Waals surface area contributed by atoms with Gasteiger partial charge in [-0.05, 0) is 352 Å². The van der Waals surface area contributed by atoms with Crippen LogP contribution in [0.4, 0.5) is 0 Å². The molecule has 12 radical (unpaired) electrons. The summed E-state index contributed by atoms with van der Waals surface area (Å²) in [4.78, 5) is 0. The average molecular weight is 1850 g/mol. The van der Waals surface area contributed by atoms with Crippen molar-refractivity contribution in [3.63, 3.8) is 0 Å². The van der Waals surface area contributed by atoms with Gasteiger partial charge in [-0.2, -0.15) is 0 Å². The molecule has 0 bridgehead atoms. The van der Waals surface area contributed by atoms with Gasteiger partial charge < -0.3 is 66.2 Å². The lowest BCUT2D eigenvalue weighted by Gasteiger charge is -2.47. The highest BCUT2D eigenvalue weighted by Crippen LogP contribution is 2.41. The van der Waals surface area contributed by atoms with Gasteiger partial charge in [-0.25, -0.2) is 0 Å². The van der Waals surface area contributed by atoms with Crippen molar-refractivity contribution in [2.75, 3.05) is 7.11 Å². The Morgan fingerprint density at radius 2 is 0.373 bits per heavy atom. The first-order valence-corrected chi connectivity index (χ1v) is 103. The fourth-order valence-electron chi connectivity index (χ4n) is 10.9. The highest BCUT2D eigenvalue weighted by molar-refractivity contribution is 6.95. The predicted molar refractivity (Wildman–Crippen MR) is 496 cm³/mol. The molecule has 0 unspecified atom stereocenters. The first-order chi connectivity index (χ1) is 45.3. The Kier molecular flexibility index (Phi) is 46.5. The van der Waals surface area contributed by atoms with Gasteiger partial charge in [-0.1, -0.05) is 12.8 Å². The third kappa shape index (κ3) is 57.8. The maximum Gasteiger partial charge on any atom is 0.469 e. The molecule has 0 rings (SSSR count). The van der Waals surface area contributed by atoms with Crippen molar-refractivity contribution in [3.8, 4) is 0 Å². The van der Waals surface area contributed by atoms with Gasteiger partial charge in [0.25, 0.3) is 0 Å². The van der Waals surface area contributed by atoms with E-state index in [1.54, 1.807) is 0 Å². The summed E-state index contributed by atoms with van der Waals surface area (Å²) < 4.78 is 117. The van der Waals surface area contributed by atoms with Crippen molar-refractivity contribution in [3.05, 3.63) is 0 Å². The Morgan fingerprint density at radius 1 is 0.167 bits per heavy atom. The molecule has 0 spiro atoms. The minimum Gasteiger partial charge on any atom is -0.456 e. The molecule has 0 aliphatic carbocycles. The Labute approximate surface area is 668 Å². The summed E-state index contributed by atoms with van der Waals surface area (Å²) in [5.74, 6) is 0. The van der Waals surface area contributed by atoms with Crippen LogP contribution in [0.25, 0.3) is 0 Å². The van der Waals surface area contributed by atoms with Crippen molar-refractivity contribution >= 4 is 218 Å². The van der Waals surface area contributed by atoms with E-state index in [0.717, 1.165) is 122 Å². The van der Waals surface area contributed by atoms with E-state index in [4.69, 9.17) is 66.2 Å². The summed E-state index contributed by atoms with van der Waals surface area (Å²) in [6.07, 6.45) is 2.98. The summed E-state index contributed by atoms with van der Waals surface area (Å²) in [7, 11) is -39.2. The molecule has 0 amide bonds. The van der Waals surface area contributed by atoms with Crippen LogP contribution in [-0.4, -0.2) is 225 Å². The summed E-state index contributed by atoms with van der Waals surface area (Å²) >= 11 is 0. The van der Waals surface area contributed by atoms with Gasteiger partial charge in [-0.3, -0.25) is 0 Å². The lowest BCUT2D eigenvalue weighted by atomic mass is 10.6. The number of hydrogen-bond acceptors (Lipinski definition) is 16. The molecule has 0 N–H and O–H groups in total. The maximum atomic E-state index is 8.22. The molecule has 0 aromatic carbocycles. The fourth-order valence-corrected chi connectivity index (χ4v) is 90.7. The van der Waals surface area contributed by atoms with Crippen LogP contribution in [0, 0.1) is 0 Å². The molecule has 0 aromatic heterocycles. The molecule has 0 saturated heterocycles. The van der Waals surface area contributed by atoms with E-state index in [0.29, 0.717) is 64.6 Å². The average Bonchev–Trinajstić information content (AvgIpc) is 0.792. The summed E-state index contributed by atoms with van der Waals surface area (Å²) in [6.45, 7) is 91.4. The monoisotopic (exact) mass is 1850 g/mol. The molecule has 0 aliphatic heterocycles. The highest BCUT2D eigenvalue weighted by Gasteiger charge is 2.57. The number of hydrogen-bond donors (Lipinski definition) is 0. The molecule has 0 aromatic rings. The van der Waals surface area contributed by atoms with E-state index in [9.17, 15) is 0 Å². The number of rotatable bonds is 61. The van der Waals surface area contributed by atoms with E-state index in [1.165, 1.54) is 0 Å². The molecule has 0 atom stereocenters. The maximum absolute atomic E-state index is 8.22. The van der Waals surface area contributed by atoms with E-state index < -0.39 is 159 Å². The zero-order valence-electron chi connectivity index (χ0n) is 73.9. The Morgan fingerprint density at radius 3 is 0.627 bits per heavy atom. The molecular formula is C61H162O16Si25. The second-order valence-electron chi connectivity index (χ2n) is 40.8. The first kappa shape index (κ1) is 107. The van der Waals surface area contributed by atoms with E-state index in [-0.39, 0.29) is 0 Å². The third-order valence-electron chi connectivity index (χ3n) is 15.5. The lowest BCUT2D eigenvalue weighted by molar-refractivity contribution is 0.239. The quantitative estimate of drug-likeness (QED) is 0.0420. The minimum absolute atomic E-state index is 0.448. The normalized spacial score (nSPS) is 15.2. The lowest BCUT2D eigenvalue weighted by Crippen LogP contribution is -2.63. The van der Waals surface area contributed by atoms with E-state index in [1.807, 2.05) is 7.11 Å². The SMILES string of the molecule is CO[Si](C)(C)CC[Si](O[Si](C)(C)CCC[Si]O[Si](C)(C)CC[Si]O[Si](C)(C)C)(O[Si](C)(C)CCC[Si]O[Si](C)(C)CC[Si]O[Si](C)(C)C)O[Si](C)(C)CCC[Si](O[Si](C)(C)CC[Si]O[Si](C)(C)C)(O[Si](C)(C)CC[Si]O[Si](C)(C)C)O[Si](C)(C)CC[Si](O[Si](C)(C)C)(O[Si](C)(C)C)O[Si](C)(C)C. The van der Waals surface area contributed by atoms with Crippen molar-refractivity contribution in [1.29, 1.82) is 0 Å². The predicted octanol–water partition coefficient (Wildman–Crippen LogP) is 21.8. The molecule has 16 nitrogen and oxygen atoms in total. The van der Waals surface area contributed by atoms with Crippen LogP contribution in [0.2, 0.25) is 364 Å². The van der Waals surface area contributed by atoms with Gasteiger partial charge in [0, 0.05) is 25.2 Å². The van der Waals surface area contributed by atoms with E-state index in [2.05, 4.69) is 255 Å². The van der Waals surface area contributed by atoms with Gasteiger partial charge in [-0.15, -0.1) is 0 Å². The van der Waals surface area contributed by atoms with Crippen molar-refractivity contribution in [2.45, 2.75) is 383 Å². The minimum atomic E-state index is -3.57. The van der Waals surface area contributed by atoms with Gasteiger partial charge in [0.1, 0.15) is 0 Å². The molecule has 0 fully saturated rings. The molecule has 602 valence electrons. The van der Waals surface area contributed by atoms with E-state index >= 15 is 0 Å². The Bertz CT molecular complexity index is 2190. The second kappa shape index (κ2) is 44.4. The summed E-state index contributed by atoms with van der Waals surface area (Å²) in [5.41, 5.74) is 0. The smallest absolute Gasteiger partial charge is 0.456 e. The first-order valence-electron chi connectivity index (χ1n) is 38.6. The van der Waals surface area contributed by atoms with Crippen LogP contribution in [0.3, 0.4) is 0 Å². The zero-order chi connectivity index (χ0) is 79.9. The zero-order valence-corrected chi connectivity index (χ0v) is 98.9. The molecular weight excluding hydrogens is 1690 g/mol. The summed E-state index contributed by atoms with van der Waals surface area (Å²) in [6, 6.07) is 17.3. The van der Waals surface area contributed by atoms with Crippen LogP contribution in [0.5, 0.6) is 0 Å². The van der Waals surface area contributed by atoms with Gasteiger partial charge in [0.05, 0.1) is 0 Å². The van der Waals surface area contributed by atoms with Crippen LogP contribution in [0.1, 0.15) is 19.3 Å². The molecule has 0 saturated carbocycles. The largest absolute Gasteiger partial charge is 0.469 e. The van der Waals surface area contributed by atoms with Crippen LogP contribution >= 0.6 is 0 Å². The van der Waals surface area contributed by atoms with Crippen LogP contribution in [-0.2, 0) is 66.2 Å². The van der Waals surface area contributed by atoms with Gasteiger partial charge in [0.15, 0.2) is 133 Å². The summed E-state index contributed by atoms with van der Waals surface area (Å²) in [5, 5.41) is 0. The molecule has 41 heteroatoms. The molecule has 0 heterocycles. The topological polar surface area (TPSA) is 148 Å².